The van der Waals surface area contributed by atoms with E-state index in [4.69, 9.17) is 4.74 Å². The van der Waals surface area contributed by atoms with Gasteiger partial charge in [0.2, 0.25) is 0 Å². The van der Waals surface area contributed by atoms with E-state index in [1.807, 2.05) is 31.2 Å². The predicted molar refractivity (Wildman–Crippen MR) is 77.0 cm³/mol. The van der Waals surface area contributed by atoms with E-state index >= 15 is 0 Å². The number of methoxy groups -OCH3 is 1. The van der Waals surface area contributed by atoms with Crippen LogP contribution in [0.4, 0.5) is 0 Å². The number of carbonyl (C=O) groups excluding carboxylic acids is 1. The van der Waals surface area contributed by atoms with E-state index in [0.717, 1.165) is 16.9 Å². The Morgan fingerprint density at radius 1 is 1.25 bits per heavy atom. The molecule has 0 unspecified atom stereocenters. The van der Waals surface area contributed by atoms with Crippen molar-refractivity contribution in [2.75, 3.05) is 7.11 Å². The number of phenols is 1. The third-order valence-electron chi connectivity index (χ3n) is 3.03. The van der Waals surface area contributed by atoms with E-state index in [0.29, 0.717) is 6.54 Å². The second kappa shape index (κ2) is 6.10. The van der Waals surface area contributed by atoms with Gasteiger partial charge in [-0.05, 0) is 25.1 Å². The van der Waals surface area contributed by atoms with E-state index in [1.54, 1.807) is 19.2 Å². The van der Waals surface area contributed by atoms with Gasteiger partial charge in [-0.2, -0.15) is 0 Å². The molecule has 20 heavy (non-hydrogen) atoms. The molecule has 0 aliphatic heterocycles. The lowest BCUT2D eigenvalue weighted by atomic mass is 10.1. The van der Waals surface area contributed by atoms with Crippen molar-refractivity contribution in [3.05, 3.63) is 59.2 Å². The molecule has 0 saturated carbocycles. The molecule has 0 saturated heterocycles. The number of ether oxygens (including phenoxy) is 1. The van der Waals surface area contributed by atoms with Gasteiger partial charge in [0.05, 0.1) is 12.7 Å². The van der Waals surface area contributed by atoms with E-state index in [2.05, 4.69) is 5.32 Å². The summed E-state index contributed by atoms with van der Waals surface area (Å²) in [5, 5.41) is 12.5. The number of carbonyl (C=O) groups is 1. The Balaban J connectivity index is 2.11. The molecule has 0 heterocycles. The van der Waals surface area contributed by atoms with Gasteiger partial charge in [0.25, 0.3) is 5.91 Å². The molecule has 0 aliphatic rings. The fourth-order valence-corrected chi connectivity index (χ4v) is 1.95. The highest BCUT2D eigenvalue weighted by Crippen LogP contribution is 2.19. The number of nitrogens with one attached hydrogen (secondary N) is 1. The first-order valence-electron chi connectivity index (χ1n) is 6.31. The van der Waals surface area contributed by atoms with Crippen molar-refractivity contribution < 1.29 is 14.6 Å². The summed E-state index contributed by atoms with van der Waals surface area (Å²) in [6, 6.07) is 12.4. The number of aryl methyl sites for hydroxylation is 1. The van der Waals surface area contributed by atoms with E-state index in [1.165, 1.54) is 6.07 Å². The highest BCUT2D eigenvalue weighted by molar-refractivity contribution is 5.96. The maximum Gasteiger partial charge on any atom is 0.255 e. The Kier molecular flexibility index (Phi) is 4.25. The summed E-state index contributed by atoms with van der Waals surface area (Å²) < 4.78 is 5.23. The fraction of sp³-hybridized carbons (Fsp3) is 0.188. The number of para-hydroxylation sites is 1. The van der Waals surface area contributed by atoms with Crippen LogP contribution in [0.3, 0.4) is 0 Å². The zero-order valence-corrected chi connectivity index (χ0v) is 11.5. The molecule has 0 fully saturated rings. The van der Waals surface area contributed by atoms with Gasteiger partial charge in [-0.15, -0.1) is 0 Å². The number of amides is 1. The second-order valence-electron chi connectivity index (χ2n) is 4.52. The molecule has 0 spiro atoms. The molecule has 1 amide bonds. The first-order chi connectivity index (χ1) is 9.61. The standard InChI is InChI=1S/C16H17NO3/c1-11-7-8-14(18)13(9-11)16(19)17-10-12-5-3-4-6-15(12)20-2/h3-9,18H,10H2,1-2H3,(H,17,19). The van der Waals surface area contributed by atoms with Gasteiger partial charge >= 0.3 is 0 Å². The quantitative estimate of drug-likeness (QED) is 0.898. The average Bonchev–Trinajstić information content (AvgIpc) is 2.47. The van der Waals surface area contributed by atoms with Gasteiger partial charge in [-0.1, -0.05) is 29.8 Å². The summed E-state index contributed by atoms with van der Waals surface area (Å²) in [7, 11) is 1.59. The minimum Gasteiger partial charge on any atom is -0.507 e. The molecule has 4 nitrogen and oxygen atoms in total. The predicted octanol–water partition coefficient (Wildman–Crippen LogP) is 2.64. The maximum atomic E-state index is 12.1. The largest absolute Gasteiger partial charge is 0.507 e. The van der Waals surface area contributed by atoms with Crippen LogP contribution in [0.5, 0.6) is 11.5 Å². The van der Waals surface area contributed by atoms with Gasteiger partial charge < -0.3 is 15.2 Å². The summed E-state index contributed by atoms with van der Waals surface area (Å²) in [5.74, 6) is 0.395. The number of hydrogen-bond acceptors (Lipinski definition) is 3. The zero-order valence-electron chi connectivity index (χ0n) is 11.5. The van der Waals surface area contributed by atoms with Crippen LogP contribution in [-0.2, 0) is 6.54 Å². The van der Waals surface area contributed by atoms with Gasteiger partial charge in [0, 0.05) is 12.1 Å². The van der Waals surface area contributed by atoms with Crippen LogP contribution in [-0.4, -0.2) is 18.1 Å². The number of aromatic hydroxyl groups is 1. The summed E-state index contributed by atoms with van der Waals surface area (Å²) in [4.78, 5) is 12.1. The lowest BCUT2D eigenvalue weighted by Crippen LogP contribution is -2.23. The number of rotatable bonds is 4. The van der Waals surface area contributed by atoms with E-state index in [9.17, 15) is 9.90 Å². The Bertz CT molecular complexity index is 623. The van der Waals surface area contributed by atoms with Crippen molar-refractivity contribution >= 4 is 5.91 Å². The fourth-order valence-electron chi connectivity index (χ4n) is 1.95. The Morgan fingerprint density at radius 2 is 2.00 bits per heavy atom. The van der Waals surface area contributed by atoms with Crippen molar-refractivity contribution in [1.29, 1.82) is 0 Å². The molecule has 4 heteroatoms. The highest BCUT2D eigenvalue weighted by atomic mass is 16.5. The molecule has 2 N–H and O–H groups in total. The van der Waals surface area contributed by atoms with Gasteiger partial charge in [0.1, 0.15) is 11.5 Å². The minimum absolute atomic E-state index is 0.0203. The minimum atomic E-state index is -0.308. The molecule has 2 aromatic carbocycles. The van der Waals surface area contributed by atoms with Crippen molar-refractivity contribution in [2.24, 2.45) is 0 Å². The normalized spacial score (nSPS) is 10.1. The highest BCUT2D eigenvalue weighted by Gasteiger charge is 2.11. The SMILES string of the molecule is COc1ccccc1CNC(=O)c1cc(C)ccc1O. The molecule has 0 atom stereocenters. The first-order valence-corrected chi connectivity index (χ1v) is 6.31. The number of benzene rings is 2. The summed E-state index contributed by atoms with van der Waals surface area (Å²) in [5.41, 5.74) is 2.08. The lowest BCUT2D eigenvalue weighted by molar-refractivity contribution is 0.0948. The monoisotopic (exact) mass is 271 g/mol. The topological polar surface area (TPSA) is 58.6 Å². The third-order valence-corrected chi connectivity index (χ3v) is 3.03. The van der Waals surface area contributed by atoms with Crippen LogP contribution in [0.1, 0.15) is 21.5 Å². The Hall–Kier alpha value is -2.49. The molecule has 0 bridgehead atoms. The zero-order chi connectivity index (χ0) is 14.5. The maximum absolute atomic E-state index is 12.1. The van der Waals surface area contributed by atoms with Crippen molar-refractivity contribution in [2.45, 2.75) is 13.5 Å². The third kappa shape index (κ3) is 3.09. The lowest BCUT2D eigenvalue weighted by Gasteiger charge is -2.10. The molecule has 2 rings (SSSR count). The molecule has 0 radical (unpaired) electrons. The number of phenolic OH excluding ortho intramolecular Hbond substituents is 1. The first kappa shape index (κ1) is 13.9. The Morgan fingerprint density at radius 3 is 2.75 bits per heavy atom. The van der Waals surface area contributed by atoms with Crippen LogP contribution < -0.4 is 10.1 Å². The van der Waals surface area contributed by atoms with E-state index < -0.39 is 0 Å². The smallest absolute Gasteiger partial charge is 0.255 e. The van der Waals surface area contributed by atoms with Crippen LogP contribution >= 0.6 is 0 Å². The van der Waals surface area contributed by atoms with Crippen LogP contribution in [0.25, 0.3) is 0 Å². The van der Waals surface area contributed by atoms with Gasteiger partial charge in [-0.3, -0.25) is 4.79 Å². The van der Waals surface area contributed by atoms with Crippen molar-refractivity contribution in [3.8, 4) is 11.5 Å². The summed E-state index contributed by atoms with van der Waals surface area (Å²) in [6.07, 6.45) is 0. The van der Waals surface area contributed by atoms with Gasteiger partial charge in [-0.25, -0.2) is 0 Å². The van der Waals surface area contributed by atoms with Crippen molar-refractivity contribution in [3.63, 3.8) is 0 Å². The summed E-state index contributed by atoms with van der Waals surface area (Å²) in [6.45, 7) is 2.21. The average molecular weight is 271 g/mol. The second-order valence-corrected chi connectivity index (χ2v) is 4.52. The molecular formula is C16H17NO3. The molecule has 2 aromatic rings. The van der Waals surface area contributed by atoms with Gasteiger partial charge in [0.15, 0.2) is 0 Å². The van der Waals surface area contributed by atoms with Crippen LogP contribution in [0.15, 0.2) is 42.5 Å². The van der Waals surface area contributed by atoms with Crippen molar-refractivity contribution in [1.82, 2.24) is 5.32 Å². The Labute approximate surface area is 118 Å². The van der Waals surface area contributed by atoms with Crippen LogP contribution in [0, 0.1) is 6.92 Å². The molecule has 0 aliphatic carbocycles. The molecule has 104 valence electrons. The van der Waals surface area contributed by atoms with E-state index in [-0.39, 0.29) is 17.2 Å². The molecule has 0 aromatic heterocycles. The molecular weight excluding hydrogens is 254 g/mol. The summed E-state index contributed by atoms with van der Waals surface area (Å²) >= 11 is 0. The number of hydrogen-bond donors (Lipinski definition) is 2. The van der Waals surface area contributed by atoms with Crippen LogP contribution in [0.2, 0.25) is 0 Å².